The molecule has 0 radical (unpaired) electrons. The monoisotopic (exact) mass is 258 g/mol. The molecule has 3 nitrogen and oxygen atoms in total. The largest absolute Gasteiger partial charge is 0.368 e. The highest BCUT2D eigenvalue weighted by atomic mass is 32.1. The Balaban J connectivity index is 1.93. The second-order valence-electron chi connectivity index (χ2n) is 4.45. The molecule has 0 saturated carbocycles. The van der Waals surface area contributed by atoms with Crippen LogP contribution in [0.4, 0.5) is 4.39 Å². The summed E-state index contributed by atoms with van der Waals surface area (Å²) < 4.78 is 19.1. The van der Waals surface area contributed by atoms with E-state index in [1.165, 1.54) is 0 Å². The Hall–Kier alpha value is -0.520. The van der Waals surface area contributed by atoms with Crippen molar-refractivity contribution in [3.05, 3.63) is 16.1 Å². The Bertz CT molecular complexity index is 358. The van der Waals surface area contributed by atoms with E-state index in [4.69, 9.17) is 4.74 Å². The summed E-state index contributed by atoms with van der Waals surface area (Å²) in [6.07, 6.45) is -0.128. The lowest BCUT2D eigenvalue weighted by atomic mass is 10.2. The van der Waals surface area contributed by atoms with Crippen molar-refractivity contribution >= 4 is 11.3 Å². The predicted molar refractivity (Wildman–Crippen MR) is 67.2 cm³/mol. The molecule has 2 atom stereocenters. The molecule has 0 aliphatic carbocycles. The molecule has 2 heterocycles. The Morgan fingerprint density at radius 3 is 3.18 bits per heavy atom. The van der Waals surface area contributed by atoms with Crippen molar-refractivity contribution in [1.29, 1.82) is 0 Å². The second kappa shape index (κ2) is 5.89. The molecular weight excluding hydrogens is 239 g/mol. The standard InChI is InChI=1S/C12H19FN2OS/c1-3-10(13)6-15-4-5-16-11(7-15)12-14-9(2)8-17-12/h8,10-11H,3-7H2,1-2H3/t10-,11+/m1/s1. The number of thiazole rings is 1. The van der Waals surface area contributed by atoms with E-state index in [0.29, 0.717) is 19.6 Å². The minimum atomic E-state index is -0.730. The maximum absolute atomic E-state index is 13.4. The number of hydrogen-bond acceptors (Lipinski definition) is 4. The van der Waals surface area contributed by atoms with Crippen LogP contribution < -0.4 is 0 Å². The van der Waals surface area contributed by atoms with Gasteiger partial charge in [-0.1, -0.05) is 6.92 Å². The van der Waals surface area contributed by atoms with Crippen molar-refractivity contribution < 1.29 is 9.13 Å². The topological polar surface area (TPSA) is 25.4 Å². The first-order chi connectivity index (χ1) is 8.19. The zero-order chi connectivity index (χ0) is 12.3. The molecule has 96 valence electrons. The minimum Gasteiger partial charge on any atom is -0.368 e. The number of nitrogens with zero attached hydrogens (tertiary/aromatic N) is 2. The lowest BCUT2D eigenvalue weighted by Crippen LogP contribution is -2.41. The Kier molecular flexibility index (Phi) is 4.48. The number of aromatic nitrogens is 1. The van der Waals surface area contributed by atoms with Crippen LogP contribution in [0.3, 0.4) is 0 Å². The fraction of sp³-hybridized carbons (Fsp3) is 0.750. The quantitative estimate of drug-likeness (QED) is 0.830. The van der Waals surface area contributed by atoms with E-state index < -0.39 is 6.17 Å². The fourth-order valence-electron chi connectivity index (χ4n) is 1.95. The van der Waals surface area contributed by atoms with E-state index >= 15 is 0 Å². The Labute approximate surface area is 106 Å². The van der Waals surface area contributed by atoms with E-state index in [9.17, 15) is 4.39 Å². The average molecular weight is 258 g/mol. The molecule has 1 saturated heterocycles. The Morgan fingerprint density at radius 1 is 1.71 bits per heavy atom. The van der Waals surface area contributed by atoms with E-state index in [0.717, 1.165) is 23.8 Å². The molecule has 1 aromatic heterocycles. The van der Waals surface area contributed by atoms with Gasteiger partial charge in [-0.2, -0.15) is 0 Å². The van der Waals surface area contributed by atoms with Crippen molar-refractivity contribution in [2.45, 2.75) is 32.5 Å². The third kappa shape index (κ3) is 3.47. The van der Waals surface area contributed by atoms with Crippen LogP contribution in [0, 0.1) is 6.92 Å². The first-order valence-electron chi connectivity index (χ1n) is 6.09. The summed E-state index contributed by atoms with van der Waals surface area (Å²) in [7, 11) is 0. The summed E-state index contributed by atoms with van der Waals surface area (Å²) >= 11 is 1.63. The molecule has 0 bridgehead atoms. The SMILES string of the molecule is CC[C@@H](F)CN1CCO[C@H](c2nc(C)cs2)C1. The van der Waals surface area contributed by atoms with E-state index in [2.05, 4.69) is 9.88 Å². The smallest absolute Gasteiger partial charge is 0.123 e. The molecule has 5 heteroatoms. The van der Waals surface area contributed by atoms with Gasteiger partial charge in [0.1, 0.15) is 17.3 Å². The van der Waals surface area contributed by atoms with Crippen LogP contribution in [-0.2, 0) is 4.74 Å². The highest BCUT2D eigenvalue weighted by molar-refractivity contribution is 7.09. The first kappa shape index (κ1) is 12.9. The third-order valence-electron chi connectivity index (χ3n) is 2.96. The summed E-state index contributed by atoms with van der Waals surface area (Å²) in [6, 6.07) is 0. The van der Waals surface area contributed by atoms with Crippen LogP contribution in [0.25, 0.3) is 0 Å². The lowest BCUT2D eigenvalue weighted by Gasteiger charge is -2.32. The predicted octanol–water partition coefficient (Wildman–Crippen LogP) is 2.57. The number of rotatable bonds is 4. The van der Waals surface area contributed by atoms with E-state index in [1.54, 1.807) is 11.3 Å². The average Bonchev–Trinajstić information content (AvgIpc) is 2.76. The van der Waals surface area contributed by atoms with Gasteiger partial charge in [-0.25, -0.2) is 9.37 Å². The molecule has 0 aromatic carbocycles. The van der Waals surface area contributed by atoms with Gasteiger partial charge in [0.15, 0.2) is 0 Å². The maximum atomic E-state index is 13.4. The van der Waals surface area contributed by atoms with Crippen molar-refractivity contribution in [3.63, 3.8) is 0 Å². The number of morpholine rings is 1. The first-order valence-corrected chi connectivity index (χ1v) is 6.97. The molecule has 1 aromatic rings. The number of alkyl halides is 1. The maximum Gasteiger partial charge on any atom is 0.123 e. The lowest BCUT2D eigenvalue weighted by molar-refractivity contribution is -0.0364. The summed E-state index contributed by atoms with van der Waals surface area (Å²) in [5, 5.41) is 3.04. The summed E-state index contributed by atoms with van der Waals surface area (Å²) in [4.78, 5) is 6.58. The van der Waals surface area contributed by atoms with Gasteiger partial charge in [-0.05, 0) is 13.3 Å². The second-order valence-corrected chi connectivity index (χ2v) is 5.34. The molecular formula is C12H19FN2OS. The highest BCUT2D eigenvalue weighted by Crippen LogP contribution is 2.25. The van der Waals surface area contributed by atoms with Gasteiger partial charge in [-0.3, -0.25) is 4.90 Å². The van der Waals surface area contributed by atoms with Crippen molar-refractivity contribution in [2.24, 2.45) is 0 Å². The third-order valence-corrected chi connectivity index (χ3v) is 4.02. The summed E-state index contributed by atoms with van der Waals surface area (Å²) in [5.74, 6) is 0. The minimum absolute atomic E-state index is 0.0199. The number of ether oxygens (including phenoxy) is 1. The molecule has 0 spiro atoms. The molecule has 1 aliphatic heterocycles. The van der Waals surface area contributed by atoms with Gasteiger partial charge in [0.2, 0.25) is 0 Å². The van der Waals surface area contributed by atoms with E-state index in [-0.39, 0.29) is 6.10 Å². The van der Waals surface area contributed by atoms with Gasteiger partial charge in [0, 0.05) is 30.7 Å². The summed E-state index contributed by atoms with van der Waals surface area (Å²) in [5.41, 5.74) is 1.03. The van der Waals surface area contributed by atoms with Gasteiger partial charge in [0.25, 0.3) is 0 Å². The normalized spacial score (nSPS) is 23.8. The van der Waals surface area contributed by atoms with Crippen molar-refractivity contribution in [3.8, 4) is 0 Å². The van der Waals surface area contributed by atoms with Gasteiger partial charge in [-0.15, -0.1) is 11.3 Å². The molecule has 0 unspecified atom stereocenters. The van der Waals surface area contributed by atoms with Gasteiger partial charge in [0.05, 0.1) is 6.61 Å². The summed E-state index contributed by atoms with van der Waals surface area (Å²) in [6.45, 7) is 6.62. The highest BCUT2D eigenvalue weighted by Gasteiger charge is 2.25. The van der Waals surface area contributed by atoms with Crippen LogP contribution in [0.15, 0.2) is 5.38 Å². The van der Waals surface area contributed by atoms with Crippen molar-refractivity contribution in [1.82, 2.24) is 9.88 Å². The zero-order valence-corrected chi connectivity index (χ0v) is 11.2. The Morgan fingerprint density at radius 2 is 2.53 bits per heavy atom. The molecule has 1 aliphatic rings. The molecule has 1 fully saturated rings. The van der Waals surface area contributed by atoms with Crippen LogP contribution in [0.1, 0.15) is 30.2 Å². The van der Waals surface area contributed by atoms with Crippen LogP contribution in [0.2, 0.25) is 0 Å². The molecule has 0 amide bonds. The van der Waals surface area contributed by atoms with Crippen molar-refractivity contribution in [2.75, 3.05) is 26.2 Å². The van der Waals surface area contributed by atoms with Crippen LogP contribution in [0.5, 0.6) is 0 Å². The molecule has 17 heavy (non-hydrogen) atoms. The van der Waals surface area contributed by atoms with Crippen LogP contribution >= 0.6 is 11.3 Å². The number of hydrogen-bond donors (Lipinski definition) is 0. The number of aryl methyl sites for hydroxylation is 1. The van der Waals surface area contributed by atoms with Gasteiger partial charge < -0.3 is 4.74 Å². The zero-order valence-electron chi connectivity index (χ0n) is 10.4. The van der Waals surface area contributed by atoms with Gasteiger partial charge >= 0.3 is 0 Å². The molecule has 2 rings (SSSR count). The number of halogens is 1. The van der Waals surface area contributed by atoms with E-state index in [1.807, 2.05) is 19.2 Å². The van der Waals surface area contributed by atoms with Crippen LogP contribution in [-0.4, -0.2) is 42.3 Å². The molecule has 0 N–H and O–H groups in total. The fourth-order valence-corrected chi connectivity index (χ4v) is 2.78.